The van der Waals surface area contributed by atoms with Gasteiger partial charge in [-0.15, -0.1) is 0 Å². The van der Waals surface area contributed by atoms with Crippen LogP contribution in [0.3, 0.4) is 0 Å². The topological polar surface area (TPSA) is 54.9 Å². The lowest BCUT2D eigenvalue weighted by molar-refractivity contribution is -0.116. The highest BCUT2D eigenvalue weighted by molar-refractivity contribution is 7.98. The van der Waals surface area contributed by atoms with Crippen LogP contribution in [0.15, 0.2) is 23.4 Å². The van der Waals surface area contributed by atoms with Crippen molar-refractivity contribution in [3.8, 4) is 0 Å². The molecule has 0 fully saturated rings. The van der Waals surface area contributed by atoms with Crippen molar-refractivity contribution in [3.63, 3.8) is 0 Å². The van der Waals surface area contributed by atoms with E-state index in [2.05, 4.69) is 15.3 Å². The third-order valence-electron chi connectivity index (χ3n) is 3.39. The predicted molar refractivity (Wildman–Crippen MR) is 96.7 cm³/mol. The lowest BCUT2D eigenvalue weighted by Gasteiger charge is -2.10. The average Bonchev–Trinajstić information content (AvgIpc) is 2.50. The van der Waals surface area contributed by atoms with Crippen LogP contribution >= 0.6 is 35.0 Å². The Hall–Kier alpha value is -1.30. The summed E-state index contributed by atoms with van der Waals surface area (Å²) in [6, 6.07) is 5.01. The second-order valence-electron chi connectivity index (χ2n) is 5.04. The van der Waals surface area contributed by atoms with Gasteiger partial charge in [-0.3, -0.25) is 4.79 Å². The molecule has 1 amide bonds. The number of aromatic nitrogens is 2. The molecule has 1 N–H and O–H groups in total. The van der Waals surface area contributed by atoms with Gasteiger partial charge in [0.1, 0.15) is 0 Å². The summed E-state index contributed by atoms with van der Waals surface area (Å²) in [5.74, 6) is -0.0869. The van der Waals surface area contributed by atoms with Crippen LogP contribution in [0.2, 0.25) is 10.0 Å². The third kappa shape index (κ3) is 4.83. The fourth-order valence-electron chi connectivity index (χ4n) is 2.20. The quantitative estimate of drug-likeness (QED) is 0.613. The highest BCUT2D eigenvalue weighted by Gasteiger charge is 2.11. The largest absolute Gasteiger partial charge is 0.326 e. The van der Waals surface area contributed by atoms with Gasteiger partial charge in [0.2, 0.25) is 5.91 Å². The van der Waals surface area contributed by atoms with Crippen LogP contribution in [-0.2, 0) is 11.2 Å². The molecular weight excluding hydrogens is 353 g/mol. The maximum Gasteiger partial charge on any atom is 0.224 e. The number of carbonyl (C=O) groups excluding carboxylic acids is 1. The minimum absolute atomic E-state index is 0.0869. The molecule has 2 rings (SSSR count). The highest BCUT2D eigenvalue weighted by atomic mass is 35.5. The number of anilines is 1. The van der Waals surface area contributed by atoms with Gasteiger partial charge in [0.25, 0.3) is 0 Å². The molecule has 0 bridgehead atoms. The first kappa shape index (κ1) is 18.0. The van der Waals surface area contributed by atoms with Crippen LogP contribution in [0.25, 0.3) is 0 Å². The summed E-state index contributed by atoms with van der Waals surface area (Å²) in [5, 5.41) is 4.44. The van der Waals surface area contributed by atoms with Crippen molar-refractivity contribution in [2.75, 3.05) is 11.6 Å². The third-order valence-corrected chi connectivity index (χ3v) is 4.67. The first-order valence-corrected chi connectivity index (χ1v) is 9.01. The van der Waals surface area contributed by atoms with Crippen LogP contribution in [0.1, 0.15) is 23.4 Å². The summed E-state index contributed by atoms with van der Waals surface area (Å²) >= 11 is 13.3. The average molecular weight is 370 g/mol. The normalized spacial score (nSPS) is 10.7. The van der Waals surface area contributed by atoms with Gasteiger partial charge in [-0.25, -0.2) is 9.97 Å². The Morgan fingerprint density at radius 3 is 2.39 bits per heavy atom. The summed E-state index contributed by atoms with van der Waals surface area (Å²) < 4.78 is 0. The zero-order valence-electron chi connectivity index (χ0n) is 13.1. The van der Waals surface area contributed by atoms with Gasteiger partial charge >= 0.3 is 0 Å². The summed E-state index contributed by atoms with van der Waals surface area (Å²) in [6.45, 7) is 3.89. The van der Waals surface area contributed by atoms with Gasteiger partial charge < -0.3 is 5.32 Å². The lowest BCUT2D eigenvalue weighted by atomic mass is 10.1. The Kier molecular flexibility index (Phi) is 6.27. The number of halogens is 2. The summed E-state index contributed by atoms with van der Waals surface area (Å²) in [7, 11) is 0. The van der Waals surface area contributed by atoms with Crippen molar-refractivity contribution in [3.05, 3.63) is 45.2 Å². The van der Waals surface area contributed by atoms with Gasteiger partial charge in [0, 0.05) is 23.5 Å². The zero-order valence-corrected chi connectivity index (χ0v) is 15.4. The highest BCUT2D eigenvalue weighted by Crippen LogP contribution is 2.25. The van der Waals surface area contributed by atoms with Crippen LogP contribution in [-0.4, -0.2) is 22.1 Å². The van der Waals surface area contributed by atoms with E-state index >= 15 is 0 Å². The van der Waals surface area contributed by atoms with E-state index in [1.807, 2.05) is 20.1 Å². The van der Waals surface area contributed by atoms with Crippen molar-refractivity contribution >= 4 is 46.6 Å². The maximum atomic E-state index is 12.1. The first-order chi connectivity index (χ1) is 10.9. The van der Waals surface area contributed by atoms with Gasteiger partial charge in [0.15, 0.2) is 5.16 Å². The second-order valence-corrected chi connectivity index (χ2v) is 6.62. The van der Waals surface area contributed by atoms with E-state index in [0.717, 1.165) is 22.1 Å². The minimum Gasteiger partial charge on any atom is -0.326 e. The van der Waals surface area contributed by atoms with Crippen molar-refractivity contribution in [2.24, 2.45) is 0 Å². The molecule has 23 heavy (non-hydrogen) atoms. The van der Waals surface area contributed by atoms with Crippen molar-refractivity contribution in [1.82, 2.24) is 9.97 Å². The van der Waals surface area contributed by atoms with Crippen LogP contribution < -0.4 is 5.32 Å². The van der Waals surface area contributed by atoms with Crippen LogP contribution in [0.4, 0.5) is 5.69 Å². The molecule has 4 nitrogen and oxygen atoms in total. The Morgan fingerprint density at radius 2 is 1.83 bits per heavy atom. The molecule has 122 valence electrons. The molecule has 1 heterocycles. The van der Waals surface area contributed by atoms with Gasteiger partial charge in [-0.05, 0) is 50.3 Å². The number of benzene rings is 1. The molecule has 0 atom stereocenters. The number of aryl methyl sites for hydroxylation is 2. The molecule has 0 unspecified atom stereocenters. The molecule has 0 radical (unpaired) electrons. The molecule has 2 aromatic rings. The van der Waals surface area contributed by atoms with Gasteiger partial charge in [-0.2, -0.15) is 0 Å². The number of hydrogen-bond donors (Lipinski definition) is 1. The van der Waals surface area contributed by atoms with Crippen LogP contribution in [0.5, 0.6) is 0 Å². The molecule has 0 aliphatic heterocycles. The predicted octanol–water partition coefficient (Wildman–Crippen LogP) is 4.69. The number of carbonyl (C=O) groups is 1. The number of hydrogen-bond acceptors (Lipinski definition) is 4. The summed E-state index contributed by atoms with van der Waals surface area (Å²) in [6.07, 6.45) is 2.89. The lowest BCUT2D eigenvalue weighted by Crippen LogP contribution is -2.13. The smallest absolute Gasteiger partial charge is 0.224 e. The number of amides is 1. The number of thioether (sulfide) groups is 1. The van der Waals surface area contributed by atoms with E-state index in [-0.39, 0.29) is 5.91 Å². The van der Waals surface area contributed by atoms with Crippen molar-refractivity contribution < 1.29 is 4.79 Å². The van der Waals surface area contributed by atoms with E-state index in [0.29, 0.717) is 28.6 Å². The molecule has 0 saturated heterocycles. The molecule has 1 aromatic carbocycles. The Balaban J connectivity index is 2.00. The fourth-order valence-corrected chi connectivity index (χ4v) is 2.95. The molecular formula is C16H17Cl2N3OS. The van der Waals surface area contributed by atoms with Gasteiger partial charge in [-0.1, -0.05) is 35.0 Å². The summed E-state index contributed by atoms with van der Waals surface area (Å²) in [4.78, 5) is 20.9. The van der Waals surface area contributed by atoms with E-state index in [4.69, 9.17) is 23.2 Å². The number of nitrogens with zero attached hydrogens (tertiary/aromatic N) is 2. The zero-order chi connectivity index (χ0) is 17.0. The standard InChI is InChI=1S/C16H17Cl2N3OS/c1-9-12(10(2)20-16(19-9)23-3)5-7-15(22)21-11-4-6-13(17)14(18)8-11/h4,6,8H,5,7H2,1-3H3,(H,21,22). The SMILES string of the molecule is CSc1nc(C)c(CCC(=O)Nc2ccc(Cl)c(Cl)c2)c(C)n1. The number of nitrogens with one attached hydrogen (secondary N) is 1. The molecule has 0 spiro atoms. The van der Waals surface area contributed by atoms with Gasteiger partial charge in [0.05, 0.1) is 10.0 Å². The molecule has 0 aliphatic carbocycles. The van der Waals surface area contributed by atoms with E-state index in [9.17, 15) is 4.79 Å². The second kappa shape index (κ2) is 7.99. The minimum atomic E-state index is -0.0869. The molecule has 0 saturated carbocycles. The Morgan fingerprint density at radius 1 is 1.17 bits per heavy atom. The first-order valence-electron chi connectivity index (χ1n) is 7.03. The van der Waals surface area contributed by atoms with E-state index < -0.39 is 0 Å². The summed E-state index contributed by atoms with van der Waals surface area (Å²) in [5.41, 5.74) is 3.49. The fraction of sp³-hybridized carbons (Fsp3) is 0.312. The van der Waals surface area contributed by atoms with Crippen molar-refractivity contribution in [1.29, 1.82) is 0 Å². The molecule has 0 aliphatic rings. The van der Waals surface area contributed by atoms with E-state index in [1.54, 1.807) is 18.2 Å². The monoisotopic (exact) mass is 369 g/mol. The van der Waals surface area contributed by atoms with E-state index in [1.165, 1.54) is 11.8 Å². The molecule has 1 aromatic heterocycles. The molecule has 7 heteroatoms. The number of rotatable bonds is 5. The van der Waals surface area contributed by atoms with Crippen LogP contribution in [0, 0.1) is 13.8 Å². The van der Waals surface area contributed by atoms with Crippen molar-refractivity contribution in [2.45, 2.75) is 31.8 Å². The Bertz CT molecular complexity index is 714. The Labute approximate surface area is 150 Å². The maximum absolute atomic E-state index is 12.1.